The molecule has 0 bridgehead atoms. The minimum Gasteiger partial charge on any atom is -0.497 e. The zero-order valence-electron chi connectivity index (χ0n) is 19.4. The van der Waals surface area contributed by atoms with Gasteiger partial charge in [-0.2, -0.15) is 10.1 Å². The summed E-state index contributed by atoms with van der Waals surface area (Å²) in [6, 6.07) is 24.6. The number of carbonyl (C=O) groups is 2. The second-order valence-electron chi connectivity index (χ2n) is 8.33. The molecule has 2 unspecified atom stereocenters. The molecule has 3 aromatic rings. The Bertz CT molecular complexity index is 1360. The number of amides is 2. The number of thioether (sulfide) groups is 1. The third kappa shape index (κ3) is 5.15. The van der Waals surface area contributed by atoms with Crippen LogP contribution in [0.3, 0.4) is 0 Å². The fourth-order valence-corrected chi connectivity index (χ4v) is 5.38. The van der Waals surface area contributed by atoms with Crippen molar-refractivity contribution in [3.05, 3.63) is 95.0 Å². The van der Waals surface area contributed by atoms with Gasteiger partial charge < -0.3 is 10.1 Å². The summed E-state index contributed by atoms with van der Waals surface area (Å²) < 4.78 is 5.38. The van der Waals surface area contributed by atoms with E-state index in [1.165, 1.54) is 11.8 Å². The highest BCUT2D eigenvalue weighted by atomic mass is 35.5. The summed E-state index contributed by atoms with van der Waals surface area (Å²) in [7, 11) is 1.63. The van der Waals surface area contributed by atoms with Crippen LogP contribution in [0.25, 0.3) is 0 Å². The molecule has 182 valence electrons. The molecule has 0 spiro atoms. The molecule has 9 heteroatoms. The van der Waals surface area contributed by atoms with Crippen LogP contribution < -0.4 is 10.1 Å². The van der Waals surface area contributed by atoms with Crippen LogP contribution in [0.1, 0.15) is 30.0 Å². The molecule has 0 aliphatic carbocycles. The van der Waals surface area contributed by atoms with E-state index in [9.17, 15) is 9.59 Å². The Balaban J connectivity index is 1.36. The highest BCUT2D eigenvalue weighted by molar-refractivity contribution is 8.15. The van der Waals surface area contributed by atoms with Crippen molar-refractivity contribution in [2.45, 2.75) is 24.1 Å². The number of anilines is 1. The van der Waals surface area contributed by atoms with E-state index in [4.69, 9.17) is 21.4 Å². The van der Waals surface area contributed by atoms with Crippen LogP contribution >= 0.6 is 23.4 Å². The van der Waals surface area contributed by atoms with Gasteiger partial charge in [-0.1, -0.05) is 78.0 Å². The van der Waals surface area contributed by atoms with Gasteiger partial charge in [0, 0.05) is 18.4 Å². The molecule has 0 fully saturated rings. The van der Waals surface area contributed by atoms with Gasteiger partial charge in [-0.3, -0.25) is 9.59 Å². The summed E-state index contributed by atoms with van der Waals surface area (Å²) in [5.41, 5.74) is 3.40. The molecule has 7 nitrogen and oxygen atoms in total. The molecule has 36 heavy (non-hydrogen) atoms. The fourth-order valence-electron chi connectivity index (χ4n) is 4.14. The lowest BCUT2D eigenvalue weighted by Gasteiger charge is -2.23. The molecule has 1 N–H and O–H groups in total. The number of rotatable bonds is 6. The maximum atomic E-state index is 12.8. The average molecular weight is 519 g/mol. The van der Waals surface area contributed by atoms with Crippen molar-refractivity contribution < 1.29 is 14.3 Å². The Morgan fingerprint density at radius 2 is 1.89 bits per heavy atom. The van der Waals surface area contributed by atoms with Crippen molar-refractivity contribution in [2.75, 3.05) is 12.4 Å². The Hall–Kier alpha value is -3.62. The van der Waals surface area contributed by atoms with E-state index in [1.807, 2.05) is 54.6 Å². The molecule has 5 rings (SSSR count). The normalized spacial score (nSPS) is 19.2. The highest BCUT2D eigenvalue weighted by Crippen LogP contribution is 2.39. The van der Waals surface area contributed by atoms with E-state index < -0.39 is 5.25 Å². The number of benzene rings is 3. The summed E-state index contributed by atoms with van der Waals surface area (Å²) in [5, 5.41) is 9.75. The number of nitrogens with zero attached hydrogens (tertiary/aromatic N) is 3. The lowest BCUT2D eigenvalue weighted by Crippen LogP contribution is -2.25. The first-order valence-electron chi connectivity index (χ1n) is 11.4. The number of para-hydroxylation sites is 1. The second kappa shape index (κ2) is 10.6. The van der Waals surface area contributed by atoms with Crippen LogP contribution in [0.4, 0.5) is 5.69 Å². The zero-order chi connectivity index (χ0) is 25.1. The summed E-state index contributed by atoms with van der Waals surface area (Å²) in [5.74, 6) is 0.102. The van der Waals surface area contributed by atoms with Gasteiger partial charge in [-0.25, -0.2) is 5.01 Å². The lowest BCUT2D eigenvalue weighted by molar-refractivity contribution is -0.121. The number of aliphatic imine (C=N–C) groups is 1. The maximum absolute atomic E-state index is 12.8. The van der Waals surface area contributed by atoms with Crippen LogP contribution in [0.2, 0.25) is 5.02 Å². The monoisotopic (exact) mass is 518 g/mol. The van der Waals surface area contributed by atoms with Crippen LogP contribution in [0.15, 0.2) is 89.0 Å². The maximum Gasteiger partial charge on any atom is 0.262 e. The minimum absolute atomic E-state index is 0.0159. The van der Waals surface area contributed by atoms with Gasteiger partial charge in [0.25, 0.3) is 5.91 Å². The smallest absolute Gasteiger partial charge is 0.262 e. The predicted octanol–water partition coefficient (Wildman–Crippen LogP) is 5.53. The van der Waals surface area contributed by atoms with Crippen molar-refractivity contribution >= 4 is 51.7 Å². The zero-order valence-corrected chi connectivity index (χ0v) is 21.0. The molecule has 2 amide bonds. The van der Waals surface area contributed by atoms with Gasteiger partial charge in [-0.15, -0.1) is 0 Å². The number of nitrogens with one attached hydrogen (secondary N) is 1. The average Bonchev–Trinajstić information content (AvgIpc) is 3.50. The van der Waals surface area contributed by atoms with Gasteiger partial charge in [0.1, 0.15) is 11.0 Å². The first-order valence-corrected chi connectivity index (χ1v) is 12.7. The highest BCUT2D eigenvalue weighted by Gasteiger charge is 2.39. The van der Waals surface area contributed by atoms with Gasteiger partial charge in [0.15, 0.2) is 5.17 Å². The molecule has 0 radical (unpaired) electrons. The third-order valence-corrected chi connectivity index (χ3v) is 7.41. The molecule has 0 saturated carbocycles. The topological polar surface area (TPSA) is 83.4 Å². The minimum atomic E-state index is -0.630. The fraction of sp³-hybridized carbons (Fsp3) is 0.185. The Kier molecular flexibility index (Phi) is 7.06. The van der Waals surface area contributed by atoms with Crippen molar-refractivity contribution in [3.63, 3.8) is 0 Å². The van der Waals surface area contributed by atoms with Crippen molar-refractivity contribution in [2.24, 2.45) is 10.1 Å². The SMILES string of the molecule is COc1cccc(C2=NN(C3=NC(=O)C(CC(=O)Nc4ccccc4Cl)S3)C(c3ccccc3)C2)c1. The van der Waals surface area contributed by atoms with Gasteiger partial charge in [0.2, 0.25) is 5.91 Å². The van der Waals surface area contributed by atoms with E-state index in [0.29, 0.717) is 22.3 Å². The van der Waals surface area contributed by atoms with Crippen molar-refractivity contribution in [1.82, 2.24) is 5.01 Å². The molecule has 2 aliphatic heterocycles. The van der Waals surface area contributed by atoms with Crippen molar-refractivity contribution in [1.29, 1.82) is 0 Å². The summed E-state index contributed by atoms with van der Waals surface area (Å²) >= 11 is 7.40. The number of carbonyl (C=O) groups excluding carboxylic acids is 2. The molecule has 2 heterocycles. The van der Waals surface area contributed by atoms with Crippen molar-refractivity contribution in [3.8, 4) is 5.75 Å². The Labute approximate surface area is 218 Å². The van der Waals surface area contributed by atoms with E-state index in [2.05, 4.69) is 10.3 Å². The van der Waals surface area contributed by atoms with Gasteiger partial charge >= 0.3 is 0 Å². The molecule has 2 atom stereocenters. The summed E-state index contributed by atoms with van der Waals surface area (Å²) in [4.78, 5) is 29.7. The summed E-state index contributed by atoms with van der Waals surface area (Å²) in [6.07, 6.45) is 0.626. The van der Waals surface area contributed by atoms with E-state index in [1.54, 1.807) is 36.4 Å². The van der Waals surface area contributed by atoms with Gasteiger partial charge in [-0.05, 0) is 29.8 Å². The second-order valence-corrected chi connectivity index (χ2v) is 9.90. The van der Waals surface area contributed by atoms with Crippen LogP contribution in [-0.4, -0.2) is 40.1 Å². The largest absolute Gasteiger partial charge is 0.497 e. The number of hydrogen-bond donors (Lipinski definition) is 1. The van der Waals surface area contributed by atoms with Crippen LogP contribution in [0.5, 0.6) is 5.75 Å². The van der Waals surface area contributed by atoms with Gasteiger partial charge in [0.05, 0.1) is 29.6 Å². The Morgan fingerprint density at radius 1 is 1.11 bits per heavy atom. The van der Waals surface area contributed by atoms with E-state index in [-0.39, 0.29) is 24.3 Å². The molecule has 3 aromatic carbocycles. The molecule has 0 saturated heterocycles. The van der Waals surface area contributed by atoms with Crippen LogP contribution in [0, 0.1) is 0 Å². The van der Waals surface area contributed by atoms with Crippen LogP contribution in [-0.2, 0) is 9.59 Å². The number of hydrazone groups is 1. The number of hydrogen-bond acceptors (Lipinski definition) is 6. The molecule has 2 aliphatic rings. The lowest BCUT2D eigenvalue weighted by atomic mass is 9.98. The number of amidine groups is 1. The third-order valence-electron chi connectivity index (χ3n) is 5.94. The molecule has 0 aromatic heterocycles. The standard InChI is InChI=1S/C27H23ClN4O3S/c1-35-19-11-7-10-18(14-19)22-15-23(17-8-3-2-4-9-17)32(31-22)27-30-26(34)24(36-27)16-25(33)29-21-13-6-5-12-20(21)28/h2-14,23-24H,15-16H2,1H3,(H,29,33). The summed E-state index contributed by atoms with van der Waals surface area (Å²) in [6.45, 7) is 0. The number of halogens is 1. The quantitative estimate of drug-likeness (QED) is 0.464. The number of methoxy groups -OCH3 is 1. The molecular weight excluding hydrogens is 496 g/mol. The molecular formula is C27H23ClN4O3S. The first-order chi connectivity index (χ1) is 17.5. The van der Waals surface area contributed by atoms with E-state index in [0.717, 1.165) is 22.6 Å². The predicted molar refractivity (Wildman–Crippen MR) is 144 cm³/mol. The van der Waals surface area contributed by atoms with E-state index >= 15 is 0 Å². The number of ether oxygens (including phenoxy) is 1. The Morgan fingerprint density at radius 3 is 2.67 bits per heavy atom. The first kappa shape index (κ1) is 24.1.